The van der Waals surface area contributed by atoms with Gasteiger partial charge in [0.25, 0.3) is 0 Å². The molecule has 6 nitrogen and oxygen atoms in total. The van der Waals surface area contributed by atoms with Crippen molar-refractivity contribution in [1.82, 2.24) is 15.5 Å². The molecule has 0 unspecified atom stereocenters. The van der Waals surface area contributed by atoms with Crippen molar-refractivity contribution < 1.29 is 4.79 Å². The van der Waals surface area contributed by atoms with Crippen molar-refractivity contribution in [2.45, 2.75) is 27.7 Å². The number of anilines is 1. The predicted molar refractivity (Wildman–Crippen MR) is 77.3 cm³/mol. The molecule has 0 aromatic carbocycles. The fraction of sp³-hybridized carbons (Fsp3) is 0.571. The zero-order chi connectivity index (χ0) is 15.3. The number of carbonyl (C=O) groups is 1. The number of aryl methyl sites for hydroxylation is 1. The highest BCUT2D eigenvalue weighted by molar-refractivity contribution is 5.81. The lowest BCUT2D eigenvalue weighted by atomic mass is 10.1. The van der Waals surface area contributed by atoms with E-state index in [2.05, 4.69) is 21.6 Å². The lowest BCUT2D eigenvalue weighted by Gasteiger charge is -2.19. The number of hydrogen-bond acceptors (Lipinski definition) is 5. The summed E-state index contributed by atoms with van der Waals surface area (Å²) in [7, 11) is 1.73. The van der Waals surface area contributed by atoms with E-state index in [1.807, 2.05) is 27.7 Å². The molecular formula is C14H21N5O. The zero-order valence-electron chi connectivity index (χ0n) is 12.7. The molecule has 1 aromatic rings. The van der Waals surface area contributed by atoms with Crippen LogP contribution in [0.15, 0.2) is 0 Å². The van der Waals surface area contributed by atoms with E-state index in [4.69, 9.17) is 0 Å². The highest BCUT2D eigenvalue weighted by Gasteiger charge is 2.16. The average molecular weight is 275 g/mol. The summed E-state index contributed by atoms with van der Waals surface area (Å²) < 4.78 is 0. The van der Waals surface area contributed by atoms with Crippen molar-refractivity contribution in [3.63, 3.8) is 0 Å². The molecule has 0 atom stereocenters. The molecule has 0 spiro atoms. The minimum atomic E-state index is -0.0925. The van der Waals surface area contributed by atoms with Crippen LogP contribution in [0.1, 0.15) is 30.7 Å². The van der Waals surface area contributed by atoms with E-state index >= 15 is 0 Å². The smallest absolute Gasteiger partial charge is 0.239 e. The number of aromatic nitrogens is 2. The summed E-state index contributed by atoms with van der Waals surface area (Å²) in [6.07, 6.45) is 0. The summed E-state index contributed by atoms with van der Waals surface area (Å²) in [4.78, 5) is 13.4. The van der Waals surface area contributed by atoms with Crippen LogP contribution < -0.4 is 10.2 Å². The fourth-order valence-electron chi connectivity index (χ4n) is 1.66. The largest absolute Gasteiger partial charge is 0.354 e. The summed E-state index contributed by atoms with van der Waals surface area (Å²) in [5, 5.41) is 20.1. The first kappa shape index (κ1) is 15.9. The molecular weight excluding hydrogens is 254 g/mol. The lowest BCUT2D eigenvalue weighted by molar-refractivity contribution is -0.119. The number of carbonyl (C=O) groups excluding carboxylic acids is 1. The van der Waals surface area contributed by atoms with Gasteiger partial charge in [0.1, 0.15) is 11.6 Å². The summed E-state index contributed by atoms with van der Waals surface area (Å²) in [6, 6.07) is 2.13. The lowest BCUT2D eigenvalue weighted by Crippen LogP contribution is -2.37. The highest BCUT2D eigenvalue weighted by Crippen LogP contribution is 2.19. The van der Waals surface area contributed by atoms with Crippen molar-refractivity contribution in [1.29, 1.82) is 5.26 Å². The predicted octanol–water partition coefficient (Wildman–Crippen LogP) is 1.17. The van der Waals surface area contributed by atoms with Gasteiger partial charge in [0.15, 0.2) is 5.82 Å². The third-order valence-electron chi connectivity index (χ3n) is 3.00. The summed E-state index contributed by atoms with van der Waals surface area (Å²) in [5.41, 5.74) is 1.99. The Morgan fingerprint density at radius 1 is 1.40 bits per heavy atom. The van der Waals surface area contributed by atoms with E-state index in [0.29, 0.717) is 23.8 Å². The average Bonchev–Trinajstić information content (AvgIpc) is 2.39. The molecule has 0 saturated heterocycles. The molecule has 1 N–H and O–H groups in total. The Labute approximate surface area is 119 Å². The highest BCUT2D eigenvalue weighted by atomic mass is 16.2. The number of nitrogens with zero attached hydrogens (tertiary/aromatic N) is 4. The van der Waals surface area contributed by atoms with Gasteiger partial charge in [0.2, 0.25) is 5.91 Å². The van der Waals surface area contributed by atoms with Gasteiger partial charge in [-0.25, -0.2) is 0 Å². The molecule has 108 valence electrons. The SMILES string of the molecule is Cc1nnc(N(C)CC(=O)NCC(C)C)c(C#N)c1C. The second-order valence-electron chi connectivity index (χ2n) is 5.27. The Balaban J connectivity index is 2.83. The van der Waals surface area contributed by atoms with Gasteiger partial charge in [0, 0.05) is 13.6 Å². The van der Waals surface area contributed by atoms with Gasteiger partial charge in [0.05, 0.1) is 12.2 Å². The molecule has 0 aliphatic heterocycles. The molecule has 0 radical (unpaired) electrons. The van der Waals surface area contributed by atoms with Gasteiger partial charge in [-0.05, 0) is 25.3 Å². The third kappa shape index (κ3) is 3.92. The summed E-state index contributed by atoms with van der Waals surface area (Å²) in [6.45, 7) is 8.50. The first-order valence-corrected chi connectivity index (χ1v) is 6.58. The van der Waals surface area contributed by atoms with Crippen molar-refractivity contribution in [2.24, 2.45) is 5.92 Å². The molecule has 0 fully saturated rings. The van der Waals surface area contributed by atoms with Crippen LogP contribution in [0.3, 0.4) is 0 Å². The van der Waals surface area contributed by atoms with Crippen molar-refractivity contribution in [3.8, 4) is 6.07 Å². The van der Waals surface area contributed by atoms with Crippen LogP contribution in [-0.2, 0) is 4.79 Å². The van der Waals surface area contributed by atoms with Crippen molar-refractivity contribution in [3.05, 3.63) is 16.8 Å². The van der Waals surface area contributed by atoms with Crippen LogP contribution >= 0.6 is 0 Å². The Hall–Kier alpha value is -2.16. The van der Waals surface area contributed by atoms with Gasteiger partial charge in [-0.15, -0.1) is 5.10 Å². The molecule has 6 heteroatoms. The van der Waals surface area contributed by atoms with E-state index < -0.39 is 0 Å². The number of likely N-dealkylation sites (N-methyl/N-ethyl adjacent to an activating group) is 1. The van der Waals surface area contributed by atoms with Crippen LogP contribution in [0.2, 0.25) is 0 Å². The fourth-order valence-corrected chi connectivity index (χ4v) is 1.66. The number of nitrogens with one attached hydrogen (secondary N) is 1. The van der Waals surface area contributed by atoms with Gasteiger partial charge < -0.3 is 10.2 Å². The molecule has 1 heterocycles. The topological polar surface area (TPSA) is 81.9 Å². The van der Waals surface area contributed by atoms with Gasteiger partial charge in [-0.1, -0.05) is 13.8 Å². The number of amides is 1. The molecule has 0 aliphatic carbocycles. The van der Waals surface area contributed by atoms with Crippen molar-refractivity contribution in [2.75, 3.05) is 25.0 Å². The third-order valence-corrected chi connectivity index (χ3v) is 3.00. The quantitative estimate of drug-likeness (QED) is 0.872. The Morgan fingerprint density at radius 3 is 2.60 bits per heavy atom. The zero-order valence-corrected chi connectivity index (χ0v) is 12.7. The van der Waals surface area contributed by atoms with Gasteiger partial charge in [-0.2, -0.15) is 10.4 Å². The number of nitriles is 1. The second-order valence-corrected chi connectivity index (χ2v) is 5.27. The standard InChI is InChI=1S/C14H21N5O/c1-9(2)7-16-13(20)8-19(5)14-12(6-15)10(3)11(4)17-18-14/h9H,7-8H2,1-5H3,(H,16,20). The minimum absolute atomic E-state index is 0.0925. The van der Waals surface area contributed by atoms with Crippen LogP contribution in [0.25, 0.3) is 0 Å². The molecule has 0 saturated carbocycles. The molecule has 20 heavy (non-hydrogen) atoms. The number of hydrogen-bond donors (Lipinski definition) is 1. The van der Waals surface area contributed by atoms with Gasteiger partial charge >= 0.3 is 0 Å². The van der Waals surface area contributed by atoms with E-state index in [1.54, 1.807) is 11.9 Å². The molecule has 0 aliphatic rings. The first-order chi connectivity index (χ1) is 9.36. The van der Waals surface area contributed by atoms with Crippen LogP contribution in [0.5, 0.6) is 0 Å². The molecule has 1 rings (SSSR count). The minimum Gasteiger partial charge on any atom is -0.354 e. The maximum absolute atomic E-state index is 11.8. The maximum Gasteiger partial charge on any atom is 0.239 e. The van der Waals surface area contributed by atoms with Crippen molar-refractivity contribution >= 4 is 11.7 Å². The molecule has 0 bridgehead atoms. The molecule has 1 aromatic heterocycles. The van der Waals surface area contributed by atoms with Crippen LogP contribution in [0, 0.1) is 31.1 Å². The Morgan fingerprint density at radius 2 is 2.05 bits per heavy atom. The second kappa shape index (κ2) is 6.85. The monoisotopic (exact) mass is 275 g/mol. The molecule has 1 amide bonds. The van der Waals surface area contributed by atoms with E-state index in [0.717, 1.165) is 11.3 Å². The summed E-state index contributed by atoms with van der Waals surface area (Å²) in [5.74, 6) is 0.751. The van der Waals surface area contributed by atoms with E-state index in [-0.39, 0.29) is 12.5 Å². The maximum atomic E-state index is 11.8. The van der Waals surface area contributed by atoms with Gasteiger partial charge in [-0.3, -0.25) is 4.79 Å². The summed E-state index contributed by atoms with van der Waals surface area (Å²) >= 11 is 0. The Kier molecular flexibility index (Phi) is 5.44. The number of rotatable bonds is 5. The normalized spacial score (nSPS) is 10.2. The first-order valence-electron chi connectivity index (χ1n) is 6.58. The van der Waals surface area contributed by atoms with Crippen LogP contribution in [0.4, 0.5) is 5.82 Å². The Bertz CT molecular complexity index is 533. The van der Waals surface area contributed by atoms with E-state index in [1.165, 1.54) is 0 Å². The van der Waals surface area contributed by atoms with Crippen LogP contribution in [-0.4, -0.2) is 36.2 Å². The van der Waals surface area contributed by atoms with E-state index in [9.17, 15) is 10.1 Å².